The molecule has 0 radical (unpaired) electrons. The minimum Gasteiger partial charge on any atom is -0.458 e. The molecule has 2 rings (SSSR count). The molecule has 2 aromatic carbocycles. The standard InChI is InChI=1S/C21H22O6S/c1-3-13-26-21(23)18-11-9-17(10-12-18)14-19(22)20(27-28(2,24)25)15-16-7-5-4-6-8-16/h3-12,20H,1,13-15H2,2H3/t20-/m1/s1. The zero-order valence-electron chi connectivity index (χ0n) is 15.5. The fraction of sp³-hybridized carbons (Fsp3) is 0.238. The van der Waals surface area contributed by atoms with Crippen LogP contribution in [0.4, 0.5) is 0 Å². The number of hydrogen-bond donors (Lipinski definition) is 0. The predicted molar refractivity (Wildman–Crippen MR) is 105 cm³/mol. The first-order valence-electron chi connectivity index (χ1n) is 8.60. The van der Waals surface area contributed by atoms with Gasteiger partial charge in [0.05, 0.1) is 11.8 Å². The van der Waals surface area contributed by atoms with Crippen LogP contribution in [0.1, 0.15) is 21.5 Å². The minimum absolute atomic E-state index is 0.0188. The smallest absolute Gasteiger partial charge is 0.338 e. The number of carbonyl (C=O) groups excluding carboxylic acids is 2. The predicted octanol–water partition coefficient (Wildman–Crippen LogP) is 2.73. The monoisotopic (exact) mass is 402 g/mol. The highest BCUT2D eigenvalue weighted by molar-refractivity contribution is 7.86. The molecule has 0 spiro atoms. The molecule has 0 unspecified atom stereocenters. The molecule has 28 heavy (non-hydrogen) atoms. The van der Waals surface area contributed by atoms with Gasteiger partial charge in [-0.25, -0.2) is 4.79 Å². The number of esters is 1. The van der Waals surface area contributed by atoms with Crippen molar-refractivity contribution in [3.05, 3.63) is 83.9 Å². The van der Waals surface area contributed by atoms with Crippen molar-refractivity contribution in [2.75, 3.05) is 12.9 Å². The number of carbonyl (C=O) groups is 2. The molecule has 0 amide bonds. The molecule has 0 saturated heterocycles. The summed E-state index contributed by atoms with van der Waals surface area (Å²) in [6.45, 7) is 3.59. The lowest BCUT2D eigenvalue weighted by atomic mass is 9.99. The Morgan fingerprint density at radius 1 is 1.04 bits per heavy atom. The summed E-state index contributed by atoms with van der Waals surface area (Å²) in [4.78, 5) is 24.4. The van der Waals surface area contributed by atoms with Crippen LogP contribution in [0.2, 0.25) is 0 Å². The Bertz CT molecular complexity index is 917. The minimum atomic E-state index is -3.80. The zero-order chi connectivity index (χ0) is 20.6. The molecule has 0 aliphatic rings. The summed E-state index contributed by atoms with van der Waals surface area (Å²) in [7, 11) is -3.80. The van der Waals surface area contributed by atoms with Gasteiger partial charge in [-0.15, -0.1) is 0 Å². The van der Waals surface area contributed by atoms with Gasteiger partial charge in [0, 0.05) is 12.8 Å². The third-order valence-electron chi connectivity index (χ3n) is 3.81. The summed E-state index contributed by atoms with van der Waals surface area (Å²) >= 11 is 0. The van der Waals surface area contributed by atoms with E-state index >= 15 is 0 Å². The van der Waals surface area contributed by atoms with E-state index in [0.717, 1.165) is 11.8 Å². The van der Waals surface area contributed by atoms with Crippen molar-refractivity contribution in [2.45, 2.75) is 18.9 Å². The van der Waals surface area contributed by atoms with E-state index in [9.17, 15) is 18.0 Å². The molecular formula is C21H22O6S. The van der Waals surface area contributed by atoms with Crippen LogP contribution in [0.25, 0.3) is 0 Å². The van der Waals surface area contributed by atoms with Crippen LogP contribution in [0.5, 0.6) is 0 Å². The van der Waals surface area contributed by atoms with Gasteiger partial charge in [0.25, 0.3) is 10.1 Å². The number of Topliss-reactive ketones (excluding diaryl/α,β-unsaturated/α-hetero) is 1. The lowest BCUT2D eigenvalue weighted by Gasteiger charge is -2.15. The van der Waals surface area contributed by atoms with Crippen LogP contribution in [-0.4, -0.2) is 39.1 Å². The van der Waals surface area contributed by atoms with Gasteiger partial charge in [-0.1, -0.05) is 55.1 Å². The number of ketones is 1. The molecule has 0 fully saturated rings. The number of rotatable bonds is 10. The summed E-state index contributed by atoms with van der Waals surface area (Å²) in [6, 6.07) is 15.4. The van der Waals surface area contributed by atoms with Crippen LogP contribution in [0.3, 0.4) is 0 Å². The van der Waals surface area contributed by atoms with Gasteiger partial charge >= 0.3 is 5.97 Å². The van der Waals surface area contributed by atoms with E-state index in [1.54, 1.807) is 36.4 Å². The highest BCUT2D eigenvalue weighted by Crippen LogP contribution is 2.14. The van der Waals surface area contributed by atoms with E-state index in [0.29, 0.717) is 11.1 Å². The fourth-order valence-electron chi connectivity index (χ4n) is 2.53. The van der Waals surface area contributed by atoms with E-state index < -0.39 is 22.2 Å². The van der Waals surface area contributed by atoms with Crippen molar-refractivity contribution >= 4 is 21.9 Å². The molecule has 0 N–H and O–H groups in total. The van der Waals surface area contributed by atoms with Gasteiger partial charge < -0.3 is 4.74 Å². The number of hydrogen-bond acceptors (Lipinski definition) is 6. The molecule has 0 aliphatic heterocycles. The molecule has 0 heterocycles. The lowest BCUT2D eigenvalue weighted by Crippen LogP contribution is -2.30. The van der Waals surface area contributed by atoms with Crippen molar-refractivity contribution in [2.24, 2.45) is 0 Å². The first kappa shape index (κ1) is 21.5. The molecular weight excluding hydrogens is 380 g/mol. The van der Waals surface area contributed by atoms with Gasteiger partial charge in [-0.05, 0) is 23.3 Å². The molecule has 148 valence electrons. The van der Waals surface area contributed by atoms with Crippen molar-refractivity contribution in [3.8, 4) is 0 Å². The third kappa shape index (κ3) is 7.09. The summed E-state index contributed by atoms with van der Waals surface area (Å²) in [5, 5.41) is 0. The van der Waals surface area contributed by atoms with E-state index in [4.69, 9.17) is 8.92 Å². The molecule has 0 aliphatic carbocycles. The second kappa shape index (κ2) is 9.96. The van der Waals surface area contributed by atoms with Crippen molar-refractivity contribution < 1.29 is 26.9 Å². The Kier molecular flexibility index (Phi) is 7.66. The van der Waals surface area contributed by atoms with Crippen molar-refractivity contribution in [3.63, 3.8) is 0 Å². The topological polar surface area (TPSA) is 86.7 Å². The van der Waals surface area contributed by atoms with Crippen LogP contribution in [0, 0.1) is 0 Å². The highest BCUT2D eigenvalue weighted by Gasteiger charge is 2.24. The first-order valence-corrected chi connectivity index (χ1v) is 10.4. The molecule has 2 aromatic rings. The average Bonchev–Trinajstić information content (AvgIpc) is 2.66. The normalized spacial score (nSPS) is 12.2. The summed E-state index contributed by atoms with van der Waals surface area (Å²) in [5.74, 6) is -0.851. The van der Waals surface area contributed by atoms with Crippen LogP contribution in [0.15, 0.2) is 67.3 Å². The van der Waals surface area contributed by atoms with Gasteiger partial charge in [0.15, 0.2) is 5.78 Å². The molecule has 6 nitrogen and oxygen atoms in total. The van der Waals surface area contributed by atoms with Gasteiger partial charge in [0.2, 0.25) is 0 Å². The van der Waals surface area contributed by atoms with Crippen molar-refractivity contribution in [1.82, 2.24) is 0 Å². The quantitative estimate of drug-likeness (QED) is 0.345. The van der Waals surface area contributed by atoms with Gasteiger partial charge in [0.1, 0.15) is 12.7 Å². The maximum Gasteiger partial charge on any atom is 0.338 e. The van der Waals surface area contributed by atoms with E-state index in [-0.39, 0.29) is 25.2 Å². The molecule has 7 heteroatoms. The molecule has 0 bridgehead atoms. The van der Waals surface area contributed by atoms with E-state index in [2.05, 4.69) is 6.58 Å². The maximum absolute atomic E-state index is 12.7. The van der Waals surface area contributed by atoms with Crippen LogP contribution >= 0.6 is 0 Å². The molecule has 0 aromatic heterocycles. The third-order valence-corrected chi connectivity index (χ3v) is 4.40. The van der Waals surface area contributed by atoms with E-state index in [1.165, 1.54) is 6.08 Å². The average molecular weight is 402 g/mol. The van der Waals surface area contributed by atoms with Crippen molar-refractivity contribution in [1.29, 1.82) is 0 Å². The SMILES string of the molecule is C=CCOC(=O)c1ccc(CC(=O)[C@@H](Cc2ccccc2)OS(C)(=O)=O)cc1. The maximum atomic E-state index is 12.7. The molecule has 1 atom stereocenters. The summed E-state index contributed by atoms with van der Waals surface area (Å²) < 4.78 is 33.1. The Hall–Kier alpha value is -2.77. The lowest BCUT2D eigenvalue weighted by molar-refractivity contribution is -0.124. The largest absolute Gasteiger partial charge is 0.458 e. The summed E-state index contributed by atoms with van der Waals surface area (Å²) in [5.41, 5.74) is 1.79. The number of ether oxygens (including phenoxy) is 1. The Labute approximate surface area is 164 Å². The van der Waals surface area contributed by atoms with Crippen LogP contribution in [-0.2, 0) is 36.7 Å². The summed E-state index contributed by atoms with van der Waals surface area (Å²) in [6.07, 6.45) is 1.41. The van der Waals surface area contributed by atoms with Crippen LogP contribution < -0.4 is 0 Å². The fourth-order valence-corrected chi connectivity index (χ4v) is 3.13. The number of benzene rings is 2. The van der Waals surface area contributed by atoms with Gasteiger partial charge in [-0.3, -0.25) is 8.98 Å². The molecule has 0 saturated carbocycles. The van der Waals surface area contributed by atoms with E-state index in [1.807, 2.05) is 18.2 Å². The van der Waals surface area contributed by atoms with Gasteiger partial charge in [-0.2, -0.15) is 8.42 Å². The zero-order valence-corrected chi connectivity index (χ0v) is 16.4. The Morgan fingerprint density at radius 3 is 2.25 bits per heavy atom. The highest BCUT2D eigenvalue weighted by atomic mass is 32.2. The Balaban J connectivity index is 2.09. The second-order valence-electron chi connectivity index (χ2n) is 6.21. The second-order valence-corrected chi connectivity index (χ2v) is 7.81. The first-order chi connectivity index (χ1) is 13.3. The Morgan fingerprint density at radius 2 is 1.68 bits per heavy atom.